The number of amides is 1. The predicted octanol–water partition coefficient (Wildman–Crippen LogP) is 6.19. The number of aryl methyl sites for hydroxylation is 2. The molecule has 0 N–H and O–H groups in total. The van der Waals surface area contributed by atoms with Crippen molar-refractivity contribution in [3.05, 3.63) is 92.0 Å². The smallest absolute Gasteiger partial charge is 0.410 e. The minimum atomic E-state index is -0.647. The highest BCUT2D eigenvalue weighted by Crippen LogP contribution is 2.36. The number of aromatic nitrogens is 4. The summed E-state index contributed by atoms with van der Waals surface area (Å²) in [5, 5.41) is 4.90. The summed E-state index contributed by atoms with van der Waals surface area (Å²) in [6, 6.07) is 10.5. The Morgan fingerprint density at radius 2 is 1.67 bits per heavy atom. The zero-order valence-corrected chi connectivity index (χ0v) is 24.4. The van der Waals surface area contributed by atoms with Crippen molar-refractivity contribution in [3.8, 4) is 17.2 Å². The summed E-state index contributed by atoms with van der Waals surface area (Å²) < 4.78 is 25.9. The first-order valence-electron chi connectivity index (χ1n) is 12.8. The molecule has 0 spiro atoms. The van der Waals surface area contributed by atoms with Crippen LogP contribution in [0.4, 0.5) is 9.18 Å². The number of ether oxygens (including phenoxy) is 1. The molecular formula is C29H31BrFN5O3. The summed E-state index contributed by atoms with van der Waals surface area (Å²) >= 11 is 3.44. The molecule has 0 aliphatic carbocycles. The van der Waals surface area contributed by atoms with Crippen LogP contribution in [0.3, 0.4) is 0 Å². The van der Waals surface area contributed by atoms with E-state index in [1.165, 1.54) is 4.57 Å². The summed E-state index contributed by atoms with van der Waals surface area (Å²) in [6.07, 6.45) is 3.46. The number of rotatable bonds is 3. The molecule has 0 saturated carbocycles. The van der Waals surface area contributed by atoms with E-state index in [9.17, 15) is 14.0 Å². The standard InChI is InChI=1S/C29H31BrFN5O3/c1-17-15-22(16-18(2)25(17)31)36-26(35-14-13-34(27(35)37)21-9-7-20(30)8-10-21)24-19(3)33(12-11-23(24)32-36)28(38)39-29(4,5)6/h7-10,13-16,19H,11-12H2,1-6H3/t19-/m0/s1. The molecule has 204 valence electrons. The molecule has 2 aromatic carbocycles. The van der Waals surface area contributed by atoms with Gasteiger partial charge < -0.3 is 9.64 Å². The van der Waals surface area contributed by atoms with Gasteiger partial charge in [0.15, 0.2) is 0 Å². The first kappa shape index (κ1) is 26.9. The largest absolute Gasteiger partial charge is 0.444 e. The predicted molar refractivity (Wildman–Crippen MR) is 151 cm³/mol. The quantitative estimate of drug-likeness (QED) is 0.283. The topological polar surface area (TPSA) is 74.3 Å². The first-order chi connectivity index (χ1) is 18.4. The van der Waals surface area contributed by atoms with Gasteiger partial charge in [-0.3, -0.25) is 9.13 Å². The Morgan fingerprint density at radius 3 is 2.28 bits per heavy atom. The van der Waals surface area contributed by atoms with E-state index in [1.807, 2.05) is 52.0 Å². The number of halogens is 2. The van der Waals surface area contributed by atoms with Crippen LogP contribution < -0.4 is 5.69 Å². The third-order valence-corrected chi connectivity index (χ3v) is 7.38. The molecule has 8 nitrogen and oxygen atoms in total. The van der Waals surface area contributed by atoms with Crippen LogP contribution in [-0.4, -0.2) is 42.1 Å². The molecule has 0 fully saturated rings. The second-order valence-corrected chi connectivity index (χ2v) is 11.8. The molecule has 0 bridgehead atoms. The molecule has 5 rings (SSSR count). The molecule has 2 aromatic heterocycles. The highest BCUT2D eigenvalue weighted by atomic mass is 79.9. The van der Waals surface area contributed by atoms with E-state index in [0.29, 0.717) is 41.3 Å². The summed E-state index contributed by atoms with van der Waals surface area (Å²) in [5.41, 5.74) is 2.89. The Labute approximate surface area is 234 Å². The second-order valence-electron chi connectivity index (χ2n) is 10.9. The zero-order valence-electron chi connectivity index (χ0n) is 22.8. The maximum Gasteiger partial charge on any atom is 0.410 e. The summed E-state index contributed by atoms with van der Waals surface area (Å²) in [5.74, 6) is 0.234. The lowest BCUT2D eigenvalue weighted by molar-refractivity contribution is 0.0159. The zero-order chi connectivity index (χ0) is 28.2. The van der Waals surface area contributed by atoms with Gasteiger partial charge in [-0.1, -0.05) is 15.9 Å². The minimum Gasteiger partial charge on any atom is -0.444 e. The molecule has 1 aliphatic rings. The molecule has 10 heteroatoms. The van der Waals surface area contributed by atoms with Crippen molar-refractivity contribution in [2.75, 3.05) is 6.54 Å². The maximum atomic E-state index is 14.5. The van der Waals surface area contributed by atoms with Crippen molar-refractivity contribution in [1.29, 1.82) is 0 Å². The lowest BCUT2D eigenvalue weighted by Gasteiger charge is -2.34. The molecule has 1 aliphatic heterocycles. The van der Waals surface area contributed by atoms with Crippen LogP contribution in [0.1, 0.15) is 56.1 Å². The van der Waals surface area contributed by atoms with Crippen LogP contribution in [0.5, 0.6) is 0 Å². The van der Waals surface area contributed by atoms with Gasteiger partial charge in [0.1, 0.15) is 17.2 Å². The highest BCUT2D eigenvalue weighted by molar-refractivity contribution is 9.10. The van der Waals surface area contributed by atoms with Crippen molar-refractivity contribution in [3.63, 3.8) is 0 Å². The Kier molecular flexibility index (Phi) is 6.78. The van der Waals surface area contributed by atoms with Crippen molar-refractivity contribution in [2.45, 2.75) is 59.6 Å². The minimum absolute atomic E-state index is 0.278. The van der Waals surface area contributed by atoms with Gasteiger partial charge in [0.2, 0.25) is 0 Å². The van der Waals surface area contributed by atoms with Gasteiger partial charge >= 0.3 is 11.8 Å². The Balaban J connectivity index is 1.71. The van der Waals surface area contributed by atoms with E-state index in [-0.39, 0.29) is 11.5 Å². The van der Waals surface area contributed by atoms with Crippen LogP contribution in [0.25, 0.3) is 17.2 Å². The number of carbonyl (C=O) groups excluding carboxylic acids is 1. The third-order valence-electron chi connectivity index (χ3n) is 6.85. The second kappa shape index (κ2) is 9.82. The van der Waals surface area contributed by atoms with Crippen LogP contribution in [-0.2, 0) is 11.2 Å². The van der Waals surface area contributed by atoms with Crippen LogP contribution in [0, 0.1) is 19.7 Å². The molecule has 0 saturated heterocycles. The number of benzene rings is 2. The molecular weight excluding hydrogens is 565 g/mol. The number of imidazole rings is 1. The van der Waals surface area contributed by atoms with Gasteiger partial charge in [-0.15, -0.1) is 0 Å². The monoisotopic (exact) mass is 595 g/mol. The van der Waals surface area contributed by atoms with Gasteiger partial charge in [-0.25, -0.2) is 18.7 Å². The fourth-order valence-electron chi connectivity index (χ4n) is 5.02. The summed E-state index contributed by atoms with van der Waals surface area (Å²) in [6.45, 7) is 11.2. The normalized spacial score (nSPS) is 15.4. The SMILES string of the molecule is Cc1cc(-n2nc3c(c2-n2ccn(-c4ccc(Br)cc4)c2=O)[C@H](C)N(C(=O)OC(C)(C)C)CC3)cc(C)c1F. The number of hydrogen-bond acceptors (Lipinski definition) is 4. The van der Waals surface area contributed by atoms with E-state index in [4.69, 9.17) is 9.84 Å². The maximum absolute atomic E-state index is 14.5. The average molecular weight is 597 g/mol. The van der Waals surface area contributed by atoms with Crippen LogP contribution >= 0.6 is 15.9 Å². The summed E-state index contributed by atoms with van der Waals surface area (Å²) in [7, 11) is 0. The molecule has 0 unspecified atom stereocenters. The van der Waals surface area contributed by atoms with E-state index in [2.05, 4.69) is 15.9 Å². The van der Waals surface area contributed by atoms with Crippen molar-refractivity contribution in [2.24, 2.45) is 0 Å². The lowest BCUT2D eigenvalue weighted by atomic mass is 10.00. The fraction of sp³-hybridized carbons (Fsp3) is 0.345. The fourth-order valence-corrected chi connectivity index (χ4v) is 5.28. The van der Waals surface area contributed by atoms with E-state index in [1.54, 1.807) is 52.5 Å². The molecule has 0 radical (unpaired) electrons. The van der Waals surface area contributed by atoms with E-state index in [0.717, 1.165) is 15.7 Å². The average Bonchev–Trinajstić information content (AvgIpc) is 3.42. The van der Waals surface area contributed by atoms with Crippen molar-refractivity contribution < 1.29 is 13.9 Å². The van der Waals surface area contributed by atoms with Crippen molar-refractivity contribution in [1.82, 2.24) is 23.8 Å². The molecule has 4 aromatic rings. The number of fused-ring (bicyclic) bond motifs is 1. The molecule has 1 atom stereocenters. The van der Waals surface area contributed by atoms with Gasteiger partial charge in [0.25, 0.3) is 0 Å². The lowest BCUT2D eigenvalue weighted by Crippen LogP contribution is -2.42. The summed E-state index contributed by atoms with van der Waals surface area (Å²) in [4.78, 5) is 28.6. The van der Waals surface area contributed by atoms with Gasteiger partial charge in [0.05, 0.1) is 23.1 Å². The number of carbonyl (C=O) groups is 1. The van der Waals surface area contributed by atoms with Crippen molar-refractivity contribution >= 4 is 22.0 Å². The molecule has 3 heterocycles. The van der Waals surface area contributed by atoms with E-state index >= 15 is 0 Å². The first-order valence-corrected chi connectivity index (χ1v) is 13.6. The van der Waals surface area contributed by atoms with Crippen LogP contribution in [0.2, 0.25) is 0 Å². The number of nitrogens with zero attached hydrogens (tertiary/aromatic N) is 5. The van der Waals surface area contributed by atoms with Gasteiger partial charge in [0, 0.05) is 35.4 Å². The van der Waals surface area contributed by atoms with Gasteiger partial charge in [-0.2, -0.15) is 5.10 Å². The molecule has 39 heavy (non-hydrogen) atoms. The van der Waals surface area contributed by atoms with E-state index < -0.39 is 17.7 Å². The number of hydrogen-bond donors (Lipinski definition) is 0. The Hall–Kier alpha value is -3.66. The highest BCUT2D eigenvalue weighted by Gasteiger charge is 2.37. The Bertz CT molecular complexity index is 1600. The Morgan fingerprint density at radius 1 is 1.05 bits per heavy atom. The van der Waals surface area contributed by atoms with Gasteiger partial charge in [-0.05, 0) is 89.1 Å². The van der Waals surface area contributed by atoms with Crippen LogP contribution in [0.15, 0.2) is 58.1 Å². The third kappa shape index (κ3) is 4.93. The molecule has 1 amide bonds.